The number of hydrogen-bond acceptors (Lipinski definition) is 1. The van der Waals surface area contributed by atoms with Crippen LogP contribution in [0.25, 0.3) is 77.5 Å². The standard InChI is InChI=1S/C61H45N/c1-61(2)58-40-52(47-29-27-46(28-30-47)45-25-23-44(24-26-45)42-13-5-3-6-14-42)33-37-56(58)57-38-36-54(41-59(57)61)62(60-22-12-18-49-17-9-10-21-55(49)60)53-34-31-48(32-35-53)51-20-11-19-50(39-51)43-15-7-4-8-16-43/h3-41H,1-2H3. The third kappa shape index (κ3) is 6.69. The van der Waals surface area contributed by atoms with Crippen LogP contribution in [0.4, 0.5) is 17.1 Å². The van der Waals surface area contributed by atoms with Crippen molar-refractivity contribution in [2.75, 3.05) is 4.90 Å². The minimum Gasteiger partial charge on any atom is -0.310 e. The summed E-state index contributed by atoms with van der Waals surface area (Å²) >= 11 is 0. The topological polar surface area (TPSA) is 3.24 Å². The summed E-state index contributed by atoms with van der Waals surface area (Å²) in [7, 11) is 0. The molecule has 0 saturated heterocycles. The zero-order chi connectivity index (χ0) is 41.6. The van der Waals surface area contributed by atoms with Crippen LogP contribution in [0.5, 0.6) is 0 Å². The monoisotopic (exact) mass is 791 g/mol. The molecule has 0 atom stereocenters. The lowest BCUT2D eigenvalue weighted by Crippen LogP contribution is -2.16. The summed E-state index contributed by atoms with van der Waals surface area (Å²) in [6.07, 6.45) is 0. The molecule has 0 saturated carbocycles. The highest BCUT2D eigenvalue weighted by Gasteiger charge is 2.36. The van der Waals surface area contributed by atoms with Crippen LogP contribution in [0.2, 0.25) is 0 Å². The van der Waals surface area contributed by atoms with Crippen LogP contribution in [-0.2, 0) is 5.41 Å². The van der Waals surface area contributed by atoms with E-state index in [1.54, 1.807) is 0 Å². The van der Waals surface area contributed by atoms with E-state index in [9.17, 15) is 0 Å². The van der Waals surface area contributed by atoms with E-state index >= 15 is 0 Å². The number of rotatable bonds is 8. The SMILES string of the molecule is CC1(C)c2cc(-c3ccc(-c4ccc(-c5ccccc5)cc4)cc3)ccc2-c2ccc(N(c3ccc(-c4cccc(-c5ccccc5)c4)cc3)c3cccc4ccccc34)cc21. The first-order chi connectivity index (χ1) is 30.5. The molecule has 0 amide bonds. The summed E-state index contributed by atoms with van der Waals surface area (Å²) in [6.45, 7) is 4.77. The van der Waals surface area contributed by atoms with Crippen molar-refractivity contribution >= 4 is 27.8 Å². The second-order valence-electron chi connectivity index (χ2n) is 17.0. The molecule has 0 aromatic heterocycles. The van der Waals surface area contributed by atoms with E-state index in [-0.39, 0.29) is 5.41 Å². The van der Waals surface area contributed by atoms with Gasteiger partial charge in [0, 0.05) is 22.2 Å². The molecule has 0 N–H and O–H groups in total. The summed E-state index contributed by atoms with van der Waals surface area (Å²) < 4.78 is 0. The van der Waals surface area contributed by atoms with Crippen LogP contribution in [0.3, 0.4) is 0 Å². The molecule has 294 valence electrons. The third-order valence-corrected chi connectivity index (χ3v) is 12.9. The van der Waals surface area contributed by atoms with Gasteiger partial charge in [-0.15, -0.1) is 0 Å². The highest BCUT2D eigenvalue weighted by atomic mass is 15.1. The molecule has 0 bridgehead atoms. The van der Waals surface area contributed by atoms with E-state index in [0.29, 0.717) is 0 Å². The molecule has 1 aliphatic carbocycles. The maximum absolute atomic E-state index is 2.44. The first kappa shape index (κ1) is 37.3. The minimum absolute atomic E-state index is 0.199. The molecular weight excluding hydrogens is 747 g/mol. The molecule has 0 heterocycles. The first-order valence-corrected chi connectivity index (χ1v) is 21.6. The Bertz CT molecular complexity index is 3210. The quantitative estimate of drug-likeness (QED) is 0.148. The molecule has 0 radical (unpaired) electrons. The highest BCUT2D eigenvalue weighted by molar-refractivity contribution is 5.99. The highest BCUT2D eigenvalue weighted by Crippen LogP contribution is 2.52. The van der Waals surface area contributed by atoms with Crippen LogP contribution < -0.4 is 4.90 Å². The molecule has 1 nitrogen and oxygen atoms in total. The van der Waals surface area contributed by atoms with Gasteiger partial charge in [-0.1, -0.05) is 208 Å². The van der Waals surface area contributed by atoms with E-state index in [4.69, 9.17) is 0 Å². The summed E-state index contributed by atoms with van der Waals surface area (Å²) in [5.74, 6) is 0. The second-order valence-corrected chi connectivity index (χ2v) is 17.0. The predicted molar refractivity (Wildman–Crippen MR) is 263 cm³/mol. The Hall–Kier alpha value is -7.74. The van der Waals surface area contributed by atoms with Gasteiger partial charge < -0.3 is 4.90 Å². The Morgan fingerprint density at radius 1 is 0.290 bits per heavy atom. The smallest absolute Gasteiger partial charge is 0.0540 e. The zero-order valence-electron chi connectivity index (χ0n) is 35.0. The van der Waals surface area contributed by atoms with Crippen molar-refractivity contribution in [1.29, 1.82) is 0 Å². The minimum atomic E-state index is -0.199. The van der Waals surface area contributed by atoms with Gasteiger partial charge in [-0.3, -0.25) is 0 Å². The molecule has 10 aromatic carbocycles. The van der Waals surface area contributed by atoms with Crippen LogP contribution in [-0.4, -0.2) is 0 Å². The molecule has 11 rings (SSSR count). The third-order valence-electron chi connectivity index (χ3n) is 12.9. The van der Waals surface area contributed by atoms with E-state index in [1.165, 1.54) is 88.7 Å². The van der Waals surface area contributed by atoms with Gasteiger partial charge >= 0.3 is 0 Å². The van der Waals surface area contributed by atoms with E-state index in [0.717, 1.165) is 17.1 Å². The Balaban J connectivity index is 0.925. The zero-order valence-corrected chi connectivity index (χ0v) is 35.0. The molecule has 0 aliphatic heterocycles. The number of nitrogens with zero attached hydrogens (tertiary/aromatic N) is 1. The lowest BCUT2D eigenvalue weighted by molar-refractivity contribution is 0.660. The van der Waals surface area contributed by atoms with Gasteiger partial charge in [0.05, 0.1) is 5.69 Å². The maximum atomic E-state index is 2.44. The van der Waals surface area contributed by atoms with Crippen molar-refractivity contribution < 1.29 is 0 Å². The number of fused-ring (bicyclic) bond motifs is 4. The summed E-state index contributed by atoms with van der Waals surface area (Å²) in [5, 5.41) is 2.44. The summed E-state index contributed by atoms with van der Waals surface area (Å²) in [4.78, 5) is 2.44. The molecule has 0 unspecified atom stereocenters. The fourth-order valence-electron chi connectivity index (χ4n) is 9.53. The van der Waals surface area contributed by atoms with E-state index in [2.05, 4.69) is 255 Å². The molecule has 1 heteroatoms. The molecule has 0 fully saturated rings. The number of hydrogen-bond donors (Lipinski definition) is 0. The van der Waals surface area contributed by atoms with Gasteiger partial charge in [-0.25, -0.2) is 0 Å². The number of anilines is 3. The van der Waals surface area contributed by atoms with Gasteiger partial charge in [0.15, 0.2) is 0 Å². The first-order valence-electron chi connectivity index (χ1n) is 21.6. The van der Waals surface area contributed by atoms with E-state index in [1.807, 2.05) is 0 Å². The lowest BCUT2D eigenvalue weighted by atomic mass is 9.81. The molecule has 0 spiro atoms. The number of benzene rings is 10. The van der Waals surface area contributed by atoms with Crippen molar-refractivity contribution in [3.63, 3.8) is 0 Å². The average molecular weight is 792 g/mol. The Kier molecular flexibility index (Phi) is 9.24. The van der Waals surface area contributed by atoms with Crippen LogP contribution >= 0.6 is 0 Å². The van der Waals surface area contributed by atoms with Crippen LogP contribution in [0.1, 0.15) is 25.0 Å². The predicted octanol–water partition coefficient (Wildman–Crippen LogP) is 17.0. The molecule has 62 heavy (non-hydrogen) atoms. The summed E-state index contributed by atoms with van der Waals surface area (Å²) in [6, 6.07) is 86.5. The largest absolute Gasteiger partial charge is 0.310 e. The van der Waals surface area contributed by atoms with Crippen molar-refractivity contribution in [2.45, 2.75) is 19.3 Å². The van der Waals surface area contributed by atoms with Crippen LogP contribution in [0.15, 0.2) is 237 Å². The maximum Gasteiger partial charge on any atom is 0.0540 e. The molecular formula is C61H45N. The van der Waals surface area contributed by atoms with Gasteiger partial charge in [0.25, 0.3) is 0 Å². The Morgan fingerprint density at radius 2 is 0.677 bits per heavy atom. The molecule has 10 aromatic rings. The van der Waals surface area contributed by atoms with Crippen molar-refractivity contribution in [1.82, 2.24) is 0 Å². The van der Waals surface area contributed by atoms with Gasteiger partial charge in [0.1, 0.15) is 0 Å². The molecule has 1 aliphatic rings. The average Bonchev–Trinajstić information content (AvgIpc) is 3.57. The normalized spacial score (nSPS) is 12.5. The lowest BCUT2D eigenvalue weighted by Gasteiger charge is -2.29. The Morgan fingerprint density at radius 3 is 1.29 bits per heavy atom. The van der Waals surface area contributed by atoms with Crippen molar-refractivity contribution in [3.8, 4) is 66.8 Å². The van der Waals surface area contributed by atoms with Crippen molar-refractivity contribution in [3.05, 3.63) is 248 Å². The van der Waals surface area contributed by atoms with Gasteiger partial charge in [-0.2, -0.15) is 0 Å². The Labute approximate surface area is 364 Å². The van der Waals surface area contributed by atoms with Crippen LogP contribution in [0, 0.1) is 0 Å². The van der Waals surface area contributed by atoms with Crippen molar-refractivity contribution in [2.24, 2.45) is 0 Å². The fraction of sp³-hybridized carbons (Fsp3) is 0.0492. The van der Waals surface area contributed by atoms with Gasteiger partial charge in [-0.05, 0) is 126 Å². The van der Waals surface area contributed by atoms with Gasteiger partial charge in [0.2, 0.25) is 0 Å². The van der Waals surface area contributed by atoms with E-state index < -0.39 is 0 Å². The fourth-order valence-corrected chi connectivity index (χ4v) is 9.53. The summed E-state index contributed by atoms with van der Waals surface area (Å²) in [5.41, 5.74) is 20.8. The second kappa shape index (κ2) is 15.4.